The van der Waals surface area contributed by atoms with Gasteiger partial charge in [-0.3, -0.25) is 10.1 Å². The van der Waals surface area contributed by atoms with Crippen LogP contribution in [-0.2, 0) is 0 Å². The molecule has 0 fully saturated rings. The van der Waals surface area contributed by atoms with Crippen molar-refractivity contribution in [3.63, 3.8) is 0 Å². The molecule has 2 N–H and O–H groups in total. The van der Waals surface area contributed by atoms with E-state index in [1.807, 2.05) is 25.1 Å². The van der Waals surface area contributed by atoms with Crippen molar-refractivity contribution in [1.82, 2.24) is 0 Å². The molecular formula is C15H15BrN2O3. The molecule has 0 aliphatic carbocycles. The molecule has 21 heavy (non-hydrogen) atoms. The second-order valence-corrected chi connectivity index (χ2v) is 5.58. The standard InChI is InChI=1S/C15H15BrN2O3/c1-10-2-7-14(13(16)8-10)17-9-15(19)11-3-5-12(6-4-11)18(20)21/h2-8,15,17,19H,9H2,1H3. The lowest BCUT2D eigenvalue weighted by molar-refractivity contribution is -0.384. The van der Waals surface area contributed by atoms with Crippen molar-refractivity contribution in [3.8, 4) is 0 Å². The summed E-state index contributed by atoms with van der Waals surface area (Å²) in [7, 11) is 0. The minimum atomic E-state index is -0.737. The molecule has 0 spiro atoms. The lowest BCUT2D eigenvalue weighted by Crippen LogP contribution is -2.12. The minimum Gasteiger partial charge on any atom is -0.387 e. The highest BCUT2D eigenvalue weighted by Gasteiger charge is 2.11. The first-order chi connectivity index (χ1) is 9.97. The van der Waals surface area contributed by atoms with Gasteiger partial charge in [-0.05, 0) is 58.2 Å². The topological polar surface area (TPSA) is 75.4 Å². The van der Waals surface area contributed by atoms with Gasteiger partial charge in [0.15, 0.2) is 0 Å². The van der Waals surface area contributed by atoms with Crippen LogP contribution in [0.25, 0.3) is 0 Å². The monoisotopic (exact) mass is 350 g/mol. The van der Waals surface area contributed by atoms with Crippen LogP contribution in [0.3, 0.4) is 0 Å². The second-order valence-electron chi connectivity index (χ2n) is 4.73. The molecule has 0 saturated heterocycles. The zero-order chi connectivity index (χ0) is 15.4. The number of aliphatic hydroxyl groups excluding tert-OH is 1. The van der Waals surface area contributed by atoms with Gasteiger partial charge in [-0.2, -0.15) is 0 Å². The van der Waals surface area contributed by atoms with Gasteiger partial charge in [0.05, 0.1) is 11.0 Å². The van der Waals surface area contributed by atoms with Crippen molar-refractivity contribution in [2.45, 2.75) is 13.0 Å². The Morgan fingerprint density at radius 3 is 2.52 bits per heavy atom. The van der Waals surface area contributed by atoms with Crippen LogP contribution < -0.4 is 5.32 Å². The number of aryl methyl sites for hydroxylation is 1. The van der Waals surface area contributed by atoms with Gasteiger partial charge in [0.1, 0.15) is 0 Å². The molecule has 2 rings (SSSR count). The summed E-state index contributed by atoms with van der Waals surface area (Å²) in [6.45, 7) is 2.32. The number of halogens is 1. The summed E-state index contributed by atoms with van der Waals surface area (Å²) >= 11 is 3.46. The number of aliphatic hydroxyl groups is 1. The third-order valence-corrected chi connectivity index (χ3v) is 3.76. The van der Waals surface area contributed by atoms with Crippen molar-refractivity contribution in [1.29, 1.82) is 0 Å². The van der Waals surface area contributed by atoms with Gasteiger partial charge < -0.3 is 10.4 Å². The van der Waals surface area contributed by atoms with E-state index in [9.17, 15) is 15.2 Å². The predicted molar refractivity (Wildman–Crippen MR) is 85.4 cm³/mol. The average molecular weight is 351 g/mol. The van der Waals surface area contributed by atoms with E-state index in [1.165, 1.54) is 12.1 Å². The molecule has 1 unspecified atom stereocenters. The Balaban J connectivity index is 2.01. The Bertz CT molecular complexity index is 644. The first kappa shape index (κ1) is 15.5. The van der Waals surface area contributed by atoms with E-state index in [0.29, 0.717) is 12.1 Å². The Morgan fingerprint density at radius 2 is 1.95 bits per heavy atom. The van der Waals surface area contributed by atoms with Gasteiger partial charge in [-0.1, -0.05) is 6.07 Å². The van der Waals surface area contributed by atoms with Crippen LogP contribution in [0, 0.1) is 17.0 Å². The van der Waals surface area contributed by atoms with Crippen LogP contribution in [0.5, 0.6) is 0 Å². The SMILES string of the molecule is Cc1ccc(NCC(O)c2ccc([N+](=O)[O-])cc2)c(Br)c1. The third kappa shape index (κ3) is 4.03. The third-order valence-electron chi connectivity index (χ3n) is 3.10. The van der Waals surface area contributed by atoms with Crippen molar-refractivity contribution in [3.05, 3.63) is 68.2 Å². The molecule has 0 aliphatic rings. The fraction of sp³-hybridized carbons (Fsp3) is 0.200. The number of nitrogens with zero attached hydrogens (tertiary/aromatic N) is 1. The van der Waals surface area contributed by atoms with Crippen molar-refractivity contribution in [2.24, 2.45) is 0 Å². The molecule has 1 atom stereocenters. The highest BCUT2D eigenvalue weighted by molar-refractivity contribution is 9.10. The van der Waals surface area contributed by atoms with Gasteiger partial charge in [-0.15, -0.1) is 0 Å². The van der Waals surface area contributed by atoms with E-state index < -0.39 is 11.0 Å². The summed E-state index contributed by atoms with van der Waals surface area (Å²) in [4.78, 5) is 10.1. The zero-order valence-electron chi connectivity index (χ0n) is 11.4. The Hall–Kier alpha value is -1.92. The summed E-state index contributed by atoms with van der Waals surface area (Å²) in [6.07, 6.45) is -0.737. The summed E-state index contributed by atoms with van der Waals surface area (Å²) in [5.74, 6) is 0. The molecule has 0 aliphatic heterocycles. The maximum absolute atomic E-state index is 10.6. The molecule has 0 heterocycles. The van der Waals surface area contributed by atoms with Gasteiger partial charge in [-0.25, -0.2) is 0 Å². The van der Waals surface area contributed by atoms with E-state index >= 15 is 0 Å². The number of rotatable bonds is 5. The average Bonchev–Trinajstić information content (AvgIpc) is 2.46. The van der Waals surface area contributed by atoms with Crippen LogP contribution in [0.1, 0.15) is 17.2 Å². The van der Waals surface area contributed by atoms with Crippen LogP contribution >= 0.6 is 15.9 Å². The maximum atomic E-state index is 10.6. The smallest absolute Gasteiger partial charge is 0.269 e. The summed E-state index contributed by atoms with van der Waals surface area (Å²) in [5.41, 5.74) is 2.68. The van der Waals surface area contributed by atoms with Gasteiger partial charge in [0, 0.05) is 28.8 Å². The number of nitro groups is 1. The van der Waals surface area contributed by atoms with Gasteiger partial charge >= 0.3 is 0 Å². The van der Waals surface area contributed by atoms with E-state index in [-0.39, 0.29) is 5.69 Å². The fourth-order valence-electron chi connectivity index (χ4n) is 1.91. The number of anilines is 1. The molecule has 6 heteroatoms. The van der Waals surface area contributed by atoms with Crippen LogP contribution in [0.4, 0.5) is 11.4 Å². The lowest BCUT2D eigenvalue weighted by atomic mass is 10.1. The number of benzene rings is 2. The Kier molecular flexibility index (Phi) is 4.93. The Labute approximate surface area is 130 Å². The van der Waals surface area contributed by atoms with E-state index in [0.717, 1.165) is 15.7 Å². The largest absolute Gasteiger partial charge is 0.387 e. The van der Waals surface area contributed by atoms with Gasteiger partial charge in [0.2, 0.25) is 0 Å². The highest BCUT2D eigenvalue weighted by Crippen LogP contribution is 2.24. The molecule has 0 bridgehead atoms. The molecular weight excluding hydrogens is 336 g/mol. The van der Waals surface area contributed by atoms with Gasteiger partial charge in [0.25, 0.3) is 5.69 Å². The molecule has 0 saturated carbocycles. The van der Waals surface area contributed by atoms with E-state index in [2.05, 4.69) is 21.2 Å². The summed E-state index contributed by atoms with van der Waals surface area (Å²) in [5, 5.41) is 23.8. The molecule has 2 aromatic rings. The van der Waals surface area contributed by atoms with Crippen molar-refractivity contribution in [2.75, 3.05) is 11.9 Å². The van der Waals surface area contributed by atoms with Crippen LogP contribution in [0.15, 0.2) is 46.9 Å². The molecule has 0 amide bonds. The maximum Gasteiger partial charge on any atom is 0.269 e. The second kappa shape index (κ2) is 6.69. The lowest BCUT2D eigenvalue weighted by Gasteiger charge is -2.14. The quantitative estimate of drug-likeness (QED) is 0.634. The summed E-state index contributed by atoms with van der Waals surface area (Å²) in [6, 6.07) is 11.8. The number of nitrogens with one attached hydrogen (secondary N) is 1. The first-order valence-electron chi connectivity index (χ1n) is 6.40. The number of non-ortho nitro benzene ring substituents is 1. The molecule has 0 aromatic heterocycles. The van der Waals surface area contributed by atoms with E-state index in [4.69, 9.17) is 0 Å². The number of nitro benzene ring substituents is 1. The molecule has 110 valence electrons. The summed E-state index contributed by atoms with van der Waals surface area (Å²) < 4.78 is 0.929. The highest BCUT2D eigenvalue weighted by atomic mass is 79.9. The fourth-order valence-corrected chi connectivity index (χ4v) is 2.54. The normalized spacial score (nSPS) is 12.0. The minimum absolute atomic E-state index is 0.0141. The molecule has 2 aromatic carbocycles. The van der Waals surface area contributed by atoms with Crippen LogP contribution in [0.2, 0.25) is 0 Å². The number of hydrogen-bond acceptors (Lipinski definition) is 4. The molecule has 0 radical (unpaired) electrons. The Morgan fingerprint density at radius 1 is 1.29 bits per heavy atom. The van der Waals surface area contributed by atoms with Crippen molar-refractivity contribution < 1.29 is 10.0 Å². The van der Waals surface area contributed by atoms with Crippen LogP contribution in [-0.4, -0.2) is 16.6 Å². The number of hydrogen-bond donors (Lipinski definition) is 2. The predicted octanol–water partition coefficient (Wildman–Crippen LogP) is 3.81. The van der Waals surface area contributed by atoms with E-state index in [1.54, 1.807) is 12.1 Å². The van der Waals surface area contributed by atoms with Crippen molar-refractivity contribution >= 4 is 27.3 Å². The zero-order valence-corrected chi connectivity index (χ0v) is 13.0. The molecule has 5 nitrogen and oxygen atoms in total. The first-order valence-corrected chi connectivity index (χ1v) is 7.19.